The topological polar surface area (TPSA) is 106 Å². The Labute approximate surface area is 190 Å². The molecule has 0 unspecified atom stereocenters. The van der Waals surface area contributed by atoms with Crippen molar-refractivity contribution in [3.63, 3.8) is 0 Å². The molecule has 3 rings (SSSR count). The van der Waals surface area contributed by atoms with Crippen molar-refractivity contribution in [2.45, 2.75) is 20.5 Å². The van der Waals surface area contributed by atoms with Gasteiger partial charge in [0, 0.05) is 18.1 Å². The molecule has 0 N–H and O–H groups in total. The summed E-state index contributed by atoms with van der Waals surface area (Å²) >= 11 is 0. The van der Waals surface area contributed by atoms with Gasteiger partial charge in [0.1, 0.15) is 23.6 Å². The van der Waals surface area contributed by atoms with Crippen LogP contribution in [-0.4, -0.2) is 48.5 Å². The predicted molar refractivity (Wildman–Crippen MR) is 118 cm³/mol. The highest BCUT2D eigenvalue weighted by molar-refractivity contribution is 6.06. The maximum atomic E-state index is 12.8. The van der Waals surface area contributed by atoms with Gasteiger partial charge in [-0.15, -0.1) is 0 Å². The van der Waals surface area contributed by atoms with Gasteiger partial charge in [0.05, 0.1) is 26.5 Å². The molecule has 0 aliphatic heterocycles. The number of esters is 3. The van der Waals surface area contributed by atoms with Crippen LogP contribution in [0.1, 0.15) is 40.3 Å². The van der Waals surface area contributed by atoms with Gasteiger partial charge in [0.25, 0.3) is 0 Å². The van der Waals surface area contributed by atoms with Crippen molar-refractivity contribution in [3.05, 3.63) is 65.4 Å². The van der Waals surface area contributed by atoms with Crippen molar-refractivity contribution in [1.29, 1.82) is 0 Å². The van der Waals surface area contributed by atoms with Gasteiger partial charge in [0.2, 0.25) is 0 Å². The maximum absolute atomic E-state index is 12.8. The Bertz CT molecular complexity index is 1170. The number of benzene rings is 2. The minimum Gasteiger partial charge on any atom is -0.493 e. The number of hydrogen-bond donors (Lipinski definition) is 0. The number of ether oxygens (including phenoxy) is 4. The number of carbonyl (C=O) groups is 3. The molecule has 0 saturated heterocycles. The lowest BCUT2D eigenvalue weighted by molar-refractivity contribution is -0.142. The quantitative estimate of drug-likeness (QED) is 0.377. The molecule has 0 bridgehead atoms. The van der Waals surface area contributed by atoms with Crippen molar-refractivity contribution in [3.8, 4) is 22.7 Å². The van der Waals surface area contributed by atoms with Crippen molar-refractivity contribution in [1.82, 2.24) is 9.78 Å². The second kappa shape index (κ2) is 10.4. The molecule has 0 saturated carbocycles. The van der Waals surface area contributed by atoms with E-state index in [4.69, 9.17) is 18.9 Å². The van der Waals surface area contributed by atoms with Gasteiger partial charge in [-0.05, 0) is 37.3 Å². The number of nitrogens with zero attached hydrogens (tertiary/aromatic N) is 2. The first-order valence-electron chi connectivity index (χ1n) is 10.2. The molecule has 0 atom stereocenters. The number of methoxy groups -OCH3 is 2. The molecule has 0 spiro atoms. The van der Waals surface area contributed by atoms with E-state index in [1.165, 1.54) is 25.8 Å². The molecule has 0 aliphatic carbocycles. The predicted octanol–water partition coefficient (Wildman–Crippen LogP) is 3.57. The maximum Gasteiger partial charge on any atom is 0.357 e. The van der Waals surface area contributed by atoms with Crippen molar-refractivity contribution in [2.24, 2.45) is 0 Å². The van der Waals surface area contributed by atoms with Gasteiger partial charge < -0.3 is 18.9 Å². The third kappa shape index (κ3) is 5.03. The Morgan fingerprint density at radius 3 is 2.27 bits per heavy atom. The summed E-state index contributed by atoms with van der Waals surface area (Å²) in [6.45, 7) is 3.52. The van der Waals surface area contributed by atoms with E-state index in [9.17, 15) is 14.4 Å². The lowest BCUT2D eigenvalue weighted by Crippen LogP contribution is -2.15. The third-order valence-electron chi connectivity index (χ3n) is 4.72. The fourth-order valence-corrected chi connectivity index (χ4v) is 3.27. The number of carbonyl (C=O) groups excluding carboxylic acids is 3. The third-order valence-corrected chi connectivity index (χ3v) is 4.72. The highest BCUT2D eigenvalue weighted by atomic mass is 16.5. The molecule has 0 radical (unpaired) electrons. The number of aromatic nitrogens is 2. The van der Waals surface area contributed by atoms with E-state index in [2.05, 4.69) is 5.10 Å². The van der Waals surface area contributed by atoms with E-state index in [-0.39, 0.29) is 23.6 Å². The average molecular weight is 452 g/mol. The average Bonchev–Trinajstić information content (AvgIpc) is 3.23. The Morgan fingerprint density at radius 1 is 0.970 bits per heavy atom. The van der Waals surface area contributed by atoms with Gasteiger partial charge in [-0.1, -0.05) is 18.2 Å². The summed E-state index contributed by atoms with van der Waals surface area (Å²) in [7, 11) is 2.44. The summed E-state index contributed by atoms with van der Waals surface area (Å²) in [6, 6.07) is 14.0. The monoisotopic (exact) mass is 452 g/mol. The number of hydrogen-bond acceptors (Lipinski definition) is 8. The summed E-state index contributed by atoms with van der Waals surface area (Å²) in [5.74, 6) is -1.41. The van der Waals surface area contributed by atoms with Crippen molar-refractivity contribution < 1.29 is 33.3 Å². The first-order chi connectivity index (χ1) is 15.9. The zero-order valence-corrected chi connectivity index (χ0v) is 18.8. The Balaban J connectivity index is 2.26. The second-order valence-corrected chi connectivity index (χ2v) is 6.84. The summed E-state index contributed by atoms with van der Waals surface area (Å²) in [5, 5.41) is 4.57. The summed E-state index contributed by atoms with van der Waals surface area (Å²) in [6.07, 6.45) is 0. The van der Waals surface area contributed by atoms with Crippen LogP contribution in [0.15, 0.2) is 48.5 Å². The van der Waals surface area contributed by atoms with Crippen LogP contribution in [0.4, 0.5) is 0 Å². The number of rotatable bonds is 8. The molecule has 1 aromatic heterocycles. The fraction of sp³-hybridized carbons (Fsp3) is 0.250. The first kappa shape index (κ1) is 23.5. The summed E-state index contributed by atoms with van der Waals surface area (Å²) in [4.78, 5) is 36.8. The van der Waals surface area contributed by atoms with Gasteiger partial charge >= 0.3 is 17.9 Å². The summed E-state index contributed by atoms with van der Waals surface area (Å²) in [5.41, 5.74) is 1.73. The Hall–Kier alpha value is -4.14. The van der Waals surface area contributed by atoms with Crippen molar-refractivity contribution in [2.75, 3.05) is 20.8 Å². The minimum absolute atomic E-state index is 0.0324. The molecule has 9 heteroatoms. The van der Waals surface area contributed by atoms with Crippen LogP contribution in [0.3, 0.4) is 0 Å². The largest absolute Gasteiger partial charge is 0.493 e. The molecule has 0 fully saturated rings. The van der Waals surface area contributed by atoms with Crippen LogP contribution in [0.5, 0.6) is 5.75 Å². The Morgan fingerprint density at radius 2 is 1.67 bits per heavy atom. The van der Waals surface area contributed by atoms with Crippen LogP contribution in [0.2, 0.25) is 0 Å². The number of para-hydroxylation sites is 1. The highest BCUT2D eigenvalue weighted by Gasteiger charge is 2.31. The fourth-order valence-electron chi connectivity index (χ4n) is 3.27. The zero-order valence-electron chi connectivity index (χ0n) is 18.8. The standard InChI is InChI=1S/C24H24N2O7/c1-5-32-19-12-11-16(13-17(19)14-33-15(2)27)21-20(23(28)30-3)22(24(29)31-4)26(25-21)18-9-7-6-8-10-18/h6-13H,5,14H2,1-4H3. The molecule has 9 nitrogen and oxygen atoms in total. The van der Waals surface area contributed by atoms with E-state index in [0.717, 1.165) is 0 Å². The molecule has 33 heavy (non-hydrogen) atoms. The zero-order chi connectivity index (χ0) is 24.0. The molecule has 2 aromatic carbocycles. The smallest absolute Gasteiger partial charge is 0.357 e. The van der Waals surface area contributed by atoms with Crippen LogP contribution in [0, 0.1) is 0 Å². The van der Waals surface area contributed by atoms with E-state index < -0.39 is 17.9 Å². The normalized spacial score (nSPS) is 10.4. The summed E-state index contributed by atoms with van der Waals surface area (Å²) < 4.78 is 22.0. The minimum atomic E-state index is -0.747. The van der Waals surface area contributed by atoms with Crippen LogP contribution >= 0.6 is 0 Å². The van der Waals surface area contributed by atoms with Crippen LogP contribution < -0.4 is 4.74 Å². The van der Waals surface area contributed by atoms with Gasteiger partial charge in [-0.2, -0.15) is 5.10 Å². The highest BCUT2D eigenvalue weighted by Crippen LogP contribution is 2.32. The molecule has 1 heterocycles. The molecule has 3 aromatic rings. The van der Waals surface area contributed by atoms with Gasteiger partial charge in [-0.3, -0.25) is 4.79 Å². The van der Waals surface area contributed by atoms with Gasteiger partial charge in [-0.25, -0.2) is 14.3 Å². The van der Waals surface area contributed by atoms with E-state index >= 15 is 0 Å². The molecule has 172 valence electrons. The molecular formula is C24H24N2O7. The lowest BCUT2D eigenvalue weighted by atomic mass is 10.0. The van der Waals surface area contributed by atoms with E-state index in [1.807, 2.05) is 13.0 Å². The van der Waals surface area contributed by atoms with Gasteiger partial charge in [0.15, 0.2) is 5.69 Å². The van der Waals surface area contributed by atoms with Crippen LogP contribution in [0.25, 0.3) is 16.9 Å². The SMILES string of the molecule is CCOc1ccc(-c2nn(-c3ccccc3)c(C(=O)OC)c2C(=O)OC)cc1COC(C)=O. The molecule has 0 aliphatic rings. The van der Waals surface area contributed by atoms with Crippen molar-refractivity contribution >= 4 is 17.9 Å². The second-order valence-electron chi connectivity index (χ2n) is 6.84. The van der Waals surface area contributed by atoms with E-state index in [0.29, 0.717) is 29.2 Å². The van der Waals surface area contributed by atoms with Crippen LogP contribution in [-0.2, 0) is 25.6 Å². The Kier molecular flexibility index (Phi) is 7.45. The van der Waals surface area contributed by atoms with E-state index in [1.54, 1.807) is 42.5 Å². The lowest BCUT2D eigenvalue weighted by Gasteiger charge is -2.12. The first-order valence-corrected chi connectivity index (χ1v) is 10.2. The molecular weight excluding hydrogens is 428 g/mol. The molecule has 0 amide bonds.